The first kappa shape index (κ1) is 15.3. The number of rotatable bonds is 6. The number of fused-ring (bicyclic) bond motifs is 1. The first-order valence-corrected chi connectivity index (χ1v) is 8.00. The monoisotopic (exact) mass is 336 g/mol. The van der Waals surface area contributed by atoms with Crippen LogP contribution in [0, 0.1) is 0 Å². The van der Waals surface area contributed by atoms with Crippen molar-refractivity contribution in [1.82, 2.24) is 10.1 Å². The highest BCUT2D eigenvalue weighted by Gasteiger charge is 2.12. The molecule has 126 valence electrons. The highest BCUT2D eigenvalue weighted by molar-refractivity contribution is 5.83. The Morgan fingerprint density at radius 2 is 2.08 bits per heavy atom. The summed E-state index contributed by atoms with van der Waals surface area (Å²) in [7, 11) is 0. The zero-order valence-electron chi connectivity index (χ0n) is 13.4. The Morgan fingerprint density at radius 3 is 2.96 bits per heavy atom. The summed E-state index contributed by atoms with van der Waals surface area (Å²) < 4.78 is 15.7. The van der Waals surface area contributed by atoms with Crippen LogP contribution in [0.4, 0.5) is 0 Å². The van der Waals surface area contributed by atoms with Crippen LogP contribution in [0.15, 0.2) is 63.9 Å². The molecule has 3 aromatic heterocycles. The van der Waals surface area contributed by atoms with Gasteiger partial charge in [-0.15, -0.1) is 0 Å². The summed E-state index contributed by atoms with van der Waals surface area (Å²) in [6.07, 6.45) is 4.43. The minimum absolute atomic E-state index is 0.0803. The summed E-state index contributed by atoms with van der Waals surface area (Å²) in [5, 5.41) is 5.01. The lowest BCUT2D eigenvalue weighted by molar-refractivity contribution is -0.145. The normalized spacial score (nSPS) is 11.0. The number of furan rings is 1. The van der Waals surface area contributed by atoms with Gasteiger partial charge in [-0.2, -0.15) is 0 Å². The Labute approximate surface area is 143 Å². The number of ether oxygens (including phenoxy) is 1. The molecular formula is C19H16N2O4. The van der Waals surface area contributed by atoms with Crippen LogP contribution in [0.3, 0.4) is 0 Å². The van der Waals surface area contributed by atoms with Crippen molar-refractivity contribution in [2.45, 2.75) is 19.4 Å². The number of nitrogens with one attached hydrogen (secondary N) is 1. The van der Waals surface area contributed by atoms with Crippen molar-refractivity contribution in [2.75, 3.05) is 0 Å². The lowest BCUT2D eigenvalue weighted by Crippen LogP contribution is -2.06. The van der Waals surface area contributed by atoms with E-state index in [0.717, 1.165) is 16.5 Å². The van der Waals surface area contributed by atoms with Gasteiger partial charge in [0.2, 0.25) is 5.76 Å². The van der Waals surface area contributed by atoms with E-state index in [-0.39, 0.29) is 12.6 Å². The Bertz CT molecular complexity index is 982. The molecule has 0 fully saturated rings. The number of benzene rings is 1. The van der Waals surface area contributed by atoms with E-state index in [2.05, 4.69) is 10.1 Å². The van der Waals surface area contributed by atoms with Gasteiger partial charge in [-0.3, -0.25) is 4.79 Å². The number of aromatic nitrogens is 2. The molecule has 0 bridgehead atoms. The molecule has 25 heavy (non-hydrogen) atoms. The second kappa shape index (κ2) is 6.68. The highest BCUT2D eigenvalue weighted by atomic mass is 16.5. The topological polar surface area (TPSA) is 81.3 Å². The van der Waals surface area contributed by atoms with Crippen LogP contribution in [0.25, 0.3) is 22.4 Å². The van der Waals surface area contributed by atoms with Gasteiger partial charge in [0.1, 0.15) is 12.3 Å². The molecular weight excluding hydrogens is 320 g/mol. The number of aryl methyl sites for hydroxylation is 1. The third-order valence-corrected chi connectivity index (χ3v) is 3.98. The molecule has 0 saturated heterocycles. The molecule has 0 aliphatic rings. The molecule has 3 heterocycles. The summed E-state index contributed by atoms with van der Waals surface area (Å²) in [4.78, 5) is 15.2. The molecule has 0 amide bonds. The number of H-pyrrole nitrogens is 1. The molecule has 4 aromatic rings. The minimum atomic E-state index is -0.271. The summed E-state index contributed by atoms with van der Waals surface area (Å²) in [6, 6.07) is 13.3. The summed E-state index contributed by atoms with van der Waals surface area (Å²) in [5.41, 5.74) is 2.72. The van der Waals surface area contributed by atoms with Crippen LogP contribution < -0.4 is 0 Å². The summed E-state index contributed by atoms with van der Waals surface area (Å²) in [6.45, 7) is 0.0803. The van der Waals surface area contributed by atoms with E-state index < -0.39 is 0 Å². The lowest BCUT2D eigenvalue weighted by atomic mass is 10.1. The van der Waals surface area contributed by atoms with E-state index in [1.807, 2.05) is 30.5 Å². The zero-order valence-corrected chi connectivity index (χ0v) is 13.4. The van der Waals surface area contributed by atoms with Crippen LogP contribution in [-0.2, 0) is 22.6 Å². The summed E-state index contributed by atoms with van der Waals surface area (Å²) in [5.74, 6) is 0.826. The van der Waals surface area contributed by atoms with Crippen molar-refractivity contribution in [2.24, 2.45) is 0 Å². The van der Waals surface area contributed by atoms with Gasteiger partial charge in [-0.25, -0.2) is 0 Å². The third-order valence-electron chi connectivity index (χ3n) is 3.98. The highest BCUT2D eigenvalue weighted by Crippen LogP contribution is 2.21. The lowest BCUT2D eigenvalue weighted by Gasteiger charge is -2.02. The van der Waals surface area contributed by atoms with E-state index in [0.29, 0.717) is 30.1 Å². The van der Waals surface area contributed by atoms with Crippen molar-refractivity contribution in [3.05, 3.63) is 66.2 Å². The second-order valence-corrected chi connectivity index (χ2v) is 5.68. The Kier molecular flexibility index (Phi) is 4.08. The van der Waals surface area contributed by atoms with Crippen molar-refractivity contribution < 1.29 is 18.5 Å². The SMILES string of the molecule is O=C(CCc1c[nH]c2ccccc12)OCc1cc(-c2ccco2)on1. The second-order valence-electron chi connectivity index (χ2n) is 5.68. The molecule has 0 saturated carbocycles. The molecule has 1 aromatic carbocycles. The molecule has 0 aliphatic carbocycles. The molecule has 0 atom stereocenters. The van der Waals surface area contributed by atoms with Crippen LogP contribution >= 0.6 is 0 Å². The fraction of sp³-hybridized carbons (Fsp3) is 0.158. The molecule has 0 aliphatic heterocycles. The molecule has 0 radical (unpaired) electrons. The maximum Gasteiger partial charge on any atom is 0.306 e. The van der Waals surface area contributed by atoms with E-state index in [9.17, 15) is 4.79 Å². The number of hydrogen-bond donors (Lipinski definition) is 1. The van der Waals surface area contributed by atoms with E-state index >= 15 is 0 Å². The van der Waals surface area contributed by atoms with Crippen LogP contribution in [0.2, 0.25) is 0 Å². The third kappa shape index (κ3) is 3.33. The van der Waals surface area contributed by atoms with Gasteiger partial charge in [-0.05, 0) is 30.2 Å². The van der Waals surface area contributed by atoms with Gasteiger partial charge in [0.25, 0.3) is 0 Å². The van der Waals surface area contributed by atoms with Crippen molar-refractivity contribution in [3.8, 4) is 11.5 Å². The fourth-order valence-corrected chi connectivity index (χ4v) is 2.72. The first-order chi connectivity index (χ1) is 12.3. The van der Waals surface area contributed by atoms with Crippen LogP contribution in [0.1, 0.15) is 17.7 Å². The molecule has 6 nitrogen and oxygen atoms in total. The number of nitrogens with zero attached hydrogens (tertiary/aromatic N) is 1. The van der Waals surface area contributed by atoms with Crippen LogP contribution in [-0.4, -0.2) is 16.1 Å². The number of carbonyl (C=O) groups is 1. The fourth-order valence-electron chi connectivity index (χ4n) is 2.72. The zero-order chi connectivity index (χ0) is 17.1. The first-order valence-electron chi connectivity index (χ1n) is 8.00. The number of carbonyl (C=O) groups excluding carboxylic acids is 1. The standard InChI is InChI=1S/C19H16N2O4/c22-19(8-7-13-11-20-16-5-2-1-4-15(13)16)24-12-14-10-18(25-21-14)17-6-3-9-23-17/h1-6,9-11,20H,7-8,12H2. The average molecular weight is 336 g/mol. The number of esters is 1. The van der Waals surface area contributed by atoms with Crippen LogP contribution in [0.5, 0.6) is 0 Å². The van der Waals surface area contributed by atoms with Crippen molar-refractivity contribution >= 4 is 16.9 Å². The minimum Gasteiger partial charge on any atom is -0.461 e. The Hall–Kier alpha value is -3.28. The molecule has 0 spiro atoms. The molecule has 4 rings (SSSR count). The average Bonchev–Trinajstić information content (AvgIpc) is 3.38. The van der Waals surface area contributed by atoms with Crippen molar-refractivity contribution in [3.63, 3.8) is 0 Å². The van der Waals surface area contributed by atoms with Gasteiger partial charge in [0.15, 0.2) is 5.76 Å². The van der Waals surface area contributed by atoms with Gasteiger partial charge >= 0.3 is 5.97 Å². The number of para-hydroxylation sites is 1. The van der Waals surface area contributed by atoms with Gasteiger partial charge in [0, 0.05) is 29.6 Å². The number of hydrogen-bond acceptors (Lipinski definition) is 5. The van der Waals surface area contributed by atoms with E-state index in [4.69, 9.17) is 13.7 Å². The van der Waals surface area contributed by atoms with Gasteiger partial charge in [-0.1, -0.05) is 23.4 Å². The molecule has 0 unspecified atom stereocenters. The number of aromatic amines is 1. The Balaban J connectivity index is 1.31. The molecule has 6 heteroatoms. The quantitative estimate of drug-likeness (QED) is 0.536. The summed E-state index contributed by atoms with van der Waals surface area (Å²) >= 11 is 0. The largest absolute Gasteiger partial charge is 0.461 e. The predicted molar refractivity (Wildman–Crippen MR) is 90.6 cm³/mol. The van der Waals surface area contributed by atoms with Crippen molar-refractivity contribution in [1.29, 1.82) is 0 Å². The predicted octanol–water partition coefficient (Wildman–Crippen LogP) is 4.09. The maximum atomic E-state index is 12.0. The molecule has 1 N–H and O–H groups in total. The maximum absolute atomic E-state index is 12.0. The van der Waals surface area contributed by atoms with E-state index in [1.165, 1.54) is 0 Å². The van der Waals surface area contributed by atoms with Gasteiger partial charge in [0.05, 0.1) is 6.26 Å². The Morgan fingerprint density at radius 1 is 1.16 bits per heavy atom. The smallest absolute Gasteiger partial charge is 0.306 e. The van der Waals surface area contributed by atoms with E-state index in [1.54, 1.807) is 24.5 Å². The van der Waals surface area contributed by atoms with Gasteiger partial charge < -0.3 is 18.7 Å².